The lowest BCUT2D eigenvalue weighted by atomic mass is 9.81. The van der Waals surface area contributed by atoms with Crippen molar-refractivity contribution in [3.05, 3.63) is 64.6 Å². The molecule has 0 aliphatic carbocycles. The maximum Gasteiger partial charge on any atom is 0.414 e. The summed E-state index contributed by atoms with van der Waals surface area (Å²) in [5.74, 6) is -1.02. The number of ether oxygens (including phenoxy) is 14. The van der Waals surface area contributed by atoms with Gasteiger partial charge in [-0.05, 0) is 105 Å². The van der Waals surface area contributed by atoms with E-state index in [2.05, 4.69) is 35.4 Å². The summed E-state index contributed by atoms with van der Waals surface area (Å²) in [7, 11) is 4.82. The SMILES string of the molecule is C=C1C[C@@H]2CC[C@@]34C[C@H]5O[C@@H]6C(O[C@H]7CC[C@H](CC(=O)C[C@H]8C(C[C@H]9O[C@@H](CC[C@@H]1O2)C[C@@H](C)C9=C)O[C@H](C[C@H](O)CNC(=O)OCc1ccc(N(CCOCCOCCOCCN=[N+]=[N-])C(=O)OCC(C)(C)SSC)cc1)[C@@H]8OC)O[C@@H]7[C@@H]6O3)[C@@H]5O4. The summed E-state index contributed by atoms with van der Waals surface area (Å²) in [5, 5.41) is 17.7. The molecule has 25 heteroatoms. The number of aliphatic hydroxyl groups is 1. The number of amides is 2. The van der Waals surface area contributed by atoms with E-state index in [1.165, 1.54) is 4.90 Å². The van der Waals surface area contributed by atoms with Crippen molar-refractivity contribution in [2.24, 2.45) is 17.0 Å². The molecule has 10 heterocycles. The molecule has 10 fully saturated rings. The molecular weight excluding hydrogens is 1170 g/mol. The summed E-state index contributed by atoms with van der Waals surface area (Å²) in [6.45, 7) is 17.5. The number of hydrogen-bond donors (Lipinski definition) is 2. The second-order valence-electron chi connectivity index (χ2n) is 25.3. The maximum atomic E-state index is 14.5. The molecule has 2 unspecified atom stereocenters. The Morgan fingerprint density at radius 3 is 2.31 bits per heavy atom. The zero-order chi connectivity index (χ0) is 61.2. The third kappa shape index (κ3) is 16.9. The Balaban J connectivity index is 0.744. The molecule has 19 atom stereocenters. The number of alkyl carbamates (subject to hydrolysis) is 1. The highest BCUT2D eigenvalue weighted by Crippen LogP contribution is 2.55. The third-order valence-electron chi connectivity index (χ3n) is 18.5. The van der Waals surface area contributed by atoms with Crippen LogP contribution in [0.5, 0.6) is 0 Å². The zero-order valence-corrected chi connectivity index (χ0v) is 52.7. The monoisotopic (exact) mass is 1260 g/mol. The molecule has 0 radical (unpaired) electrons. The summed E-state index contributed by atoms with van der Waals surface area (Å²) in [4.78, 5) is 45.4. The van der Waals surface area contributed by atoms with Crippen LogP contribution in [0.2, 0.25) is 0 Å². The molecule has 10 aliphatic rings. The van der Waals surface area contributed by atoms with E-state index in [4.69, 9.17) is 71.8 Å². The first-order valence-corrected chi connectivity index (χ1v) is 33.8. The summed E-state index contributed by atoms with van der Waals surface area (Å²) in [6.07, 6.45) is 2.68. The van der Waals surface area contributed by atoms with E-state index in [9.17, 15) is 19.5 Å². The van der Waals surface area contributed by atoms with Gasteiger partial charge in [0.2, 0.25) is 0 Å². The van der Waals surface area contributed by atoms with E-state index >= 15 is 0 Å². The largest absolute Gasteiger partial charge is 0.448 e. The molecular formula is C62H91N5O18S2. The summed E-state index contributed by atoms with van der Waals surface area (Å²) >= 11 is 0. The number of benzene rings is 1. The van der Waals surface area contributed by atoms with Gasteiger partial charge in [0.15, 0.2) is 5.79 Å². The number of nitrogens with zero attached hydrogens (tertiary/aromatic N) is 4. The van der Waals surface area contributed by atoms with Crippen molar-refractivity contribution < 1.29 is 85.8 Å². The molecule has 11 rings (SSSR count). The van der Waals surface area contributed by atoms with Crippen molar-refractivity contribution >= 4 is 45.2 Å². The number of fused-ring (bicyclic) bond motifs is 6. The van der Waals surface area contributed by atoms with Gasteiger partial charge in [-0.3, -0.25) is 9.69 Å². The minimum absolute atomic E-state index is 0.00820. The molecule has 10 aliphatic heterocycles. The van der Waals surface area contributed by atoms with Gasteiger partial charge in [0.25, 0.3) is 0 Å². The number of carbonyl (C=O) groups excluding carboxylic acids is 3. The first-order chi connectivity index (χ1) is 42.0. The zero-order valence-electron chi connectivity index (χ0n) is 51.1. The average molecular weight is 1260 g/mol. The number of carbonyl (C=O) groups is 3. The highest BCUT2D eigenvalue weighted by atomic mass is 33.1. The third-order valence-corrected chi connectivity index (χ3v) is 21.1. The van der Waals surface area contributed by atoms with Crippen LogP contribution in [0.25, 0.3) is 10.4 Å². The Kier molecular flexibility index (Phi) is 23.4. The minimum atomic E-state index is -1.06. The number of ketones is 1. The van der Waals surface area contributed by atoms with E-state index < -0.39 is 54.6 Å². The second kappa shape index (κ2) is 30.7. The highest BCUT2D eigenvalue weighted by Gasteiger charge is 2.69. The van der Waals surface area contributed by atoms with Gasteiger partial charge in [0.1, 0.15) is 49.5 Å². The van der Waals surface area contributed by atoms with Crippen LogP contribution in [0.1, 0.15) is 110 Å². The molecule has 87 heavy (non-hydrogen) atoms. The lowest BCUT2D eigenvalue weighted by Gasteiger charge is -2.47. The fraction of sp³-hybridized carbons (Fsp3) is 0.790. The number of hydrogen-bond acceptors (Lipinski definition) is 21. The van der Waals surface area contributed by atoms with Crippen molar-refractivity contribution in [1.82, 2.24) is 5.32 Å². The van der Waals surface area contributed by atoms with Crippen LogP contribution < -0.4 is 10.2 Å². The molecule has 0 saturated carbocycles. The van der Waals surface area contributed by atoms with Crippen molar-refractivity contribution in [3.8, 4) is 0 Å². The second-order valence-corrected chi connectivity index (χ2v) is 28.4. The van der Waals surface area contributed by atoms with E-state index in [1.54, 1.807) is 53.0 Å². The molecule has 23 nitrogen and oxygen atoms in total. The van der Waals surface area contributed by atoms with Crippen molar-refractivity contribution in [2.75, 3.05) is 84.1 Å². The summed E-state index contributed by atoms with van der Waals surface area (Å²) < 4.78 is 88.6. The molecule has 2 N–H and O–H groups in total. The number of methoxy groups -OCH3 is 1. The quantitative estimate of drug-likeness (QED) is 0.0245. The van der Waals surface area contributed by atoms with E-state index in [0.717, 1.165) is 49.7 Å². The maximum absolute atomic E-state index is 14.5. The first-order valence-electron chi connectivity index (χ1n) is 31.3. The van der Waals surface area contributed by atoms with Crippen LogP contribution in [-0.2, 0) is 77.7 Å². The minimum Gasteiger partial charge on any atom is -0.448 e. The van der Waals surface area contributed by atoms with Gasteiger partial charge in [0, 0.05) is 75.2 Å². The number of anilines is 1. The average Bonchev–Trinajstić information content (AvgIpc) is 1.57. The molecule has 2 amide bonds. The van der Waals surface area contributed by atoms with Gasteiger partial charge in [-0.2, -0.15) is 0 Å². The Hall–Kier alpha value is -3.60. The van der Waals surface area contributed by atoms with Crippen LogP contribution in [-0.4, -0.2) is 211 Å². The lowest BCUT2D eigenvalue weighted by molar-refractivity contribution is -0.292. The predicted molar refractivity (Wildman–Crippen MR) is 322 cm³/mol. The normalized spacial score (nSPS) is 35.9. The number of nitrogens with one attached hydrogen (secondary N) is 1. The van der Waals surface area contributed by atoms with Gasteiger partial charge >= 0.3 is 12.2 Å². The van der Waals surface area contributed by atoms with Gasteiger partial charge in [0.05, 0.1) is 118 Å². The standard InChI is InChI=1S/C62H91N5O18S2/c1-36-26-43-12-14-47-37(2)27-45(78-47)16-17-62-32-52-55(84-62)56-57(83-52)58(85-62)54-48(82-56)15-13-44(80-54)28-41(68)29-46-50(31-49(79-43)38(36)3)81-51(53(46)72-6)30-42(69)33-64-59(70)76-34-39-8-10-40(11-9-39)67(60(71)77-35-61(4,5)87-86-7)19-21-74-23-25-75-24-22-73-20-18-65-66-63/h8-11,36,42-58,69H,2-3,12-35H2,1,4-7H3,(H,64,70)/t36-,42+,43+,44-,45+,46+,47+,48+,49-,50?,51-,52-,53-,54+,55-,56?,57-,58+,62+/m1/s1. The predicted octanol–water partition coefficient (Wildman–Crippen LogP) is 8.50. The molecule has 0 aromatic heterocycles. The Bertz CT molecular complexity index is 2550. The van der Waals surface area contributed by atoms with Crippen molar-refractivity contribution in [1.29, 1.82) is 0 Å². The lowest BCUT2D eigenvalue weighted by Crippen LogP contribution is -2.61. The van der Waals surface area contributed by atoms with Crippen LogP contribution >= 0.6 is 21.6 Å². The molecule has 1 aromatic carbocycles. The fourth-order valence-corrected chi connectivity index (χ4v) is 16.2. The smallest absolute Gasteiger partial charge is 0.414 e. The fourth-order valence-electron chi connectivity index (χ4n) is 14.2. The first kappa shape index (κ1) is 66.3. The van der Waals surface area contributed by atoms with Crippen LogP contribution in [0, 0.1) is 11.8 Å². The summed E-state index contributed by atoms with van der Waals surface area (Å²) in [5.41, 5.74) is 11.7. The highest BCUT2D eigenvalue weighted by molar-refractivity contribution is 8.77. The van der Waals surface area contributed by atoms with Gasteiger partial charge in [-0.15, -0.1) is 0 Å². The van der Waals surface area contributed by atoms with E-state index in [0.29, 0.717) is 70.0 Å². The van der Waals surface area contributed by atoms with Crippen molar-refractivity contribution in [2.45, 2.75) is 219 Å². The van der Waals surface area contributed by atoms with Crippen molar-refractivity contribution in [3.63, 3.8) is 0 Å². The number of Topliss-reactive ketones (excluding diaryl/α,β-unsaturated/α-hetero) is 1. The van der Waals surface area contributed by atoms with Crippen LogP contribution in [0.3, 0.4) is 0 Å². The molecule has 12 bridgehead atoms. The molecule has 1 spiro atoms. The Morgan fingerprint density at radius 2 is 1.54 bits per heavy atom. The number of aliphatic hydroxyl groups excluding tert-OH is 1. The number of rotatable bonds is 24. The number of azide groups is 1. The van der Waals surface area contributed by atoms with Gasteiger partial charge < -0.3 is 76.7 Å². The van der Waals surface area contributed by atoms with E-state index in [1.807, 2.05) is 20.1 Å². The topological polar surface area (TPSA) is 265 Å². The van der Waals surface area contributed by atoms with Gasteiger partial charge in [-0.25, -0.2) is 9.59 Å². The van der Waals surface area contributed by atoms with E-state index in [-0.39, 0.29) is 142 Å². The summed E-state index contributed by atoms with van der Waals surface area (Å²) in [6, 6.07) is 7.01. The van der Waals surface area contributed by atoms with Crippen LogP contribution in [0.4, 0.5) is 15.3 Å². The van der Waals surface area contributed by atoms with Crippen LogP contribution in [0.15, 0.2) is 53.7 Å². The molecule has 10 saturated heterocycles. The van der Waals surface area contributed by atoms with Gasteiger partial charge in [-0.1, -0.05) is 58.9 Å². The molecule has 484 valence electrons. The molecule has 1 aromatic rings. The Labute approximate surface area is 518 Å². The Morgan fingerprint density at radius 1 is 0.828 bits per heavy atom.